The van der Waals surface area contributed by atoms with Crippen molar-refractivity contribution in [2.75, 3.05) is 23.7 Å². The number of furan rings is 1. The second-order valence-corrected chi connectivity index (χ2v) is 8.76. The van der Waals surface area contributed by atoms with Gasteiger partial charge in [0.15, 0.2) is 5.76 Å². The van der Waals surface area contributed by atoms with Gasteiger partial charge in [-0.1, -0.05) is 12.1 Å². The highest BCUT2D eigenvalue weighted by molar-refractivity contribution is 6.01. The second kappa shape index (κ2) is 9.76. The van der Waals surface area contributed by atoms with Crippen molar-refractivity contribution in [1.29, 1.82) is 0 Å². The topological polar surface area (TPSA) is 113 Å². The van der Waals surface area contributed by atoms with Gasteiger partial charge in [-0.2, -0.15) is 0 Å². The predicted octanol–water partition coefficient (Wildman–Crippen LogP) is 3.46. The van der Waals surface area contributed by atoms with Crippen molar-refractivity contribution in [3.05, 3.63) is 48.4 Å². The van der Waals surface area contributed by atoms with Gasteiger partial charge in [0.25, 0.3) is 5.91 Å². The van der Waals surface area contributed by atoms with Crippen molar-refractivity contribution < 1.29 is 23.5 Å². The van der Waals surface area contributed by atoms with E-state index in [1.165, 1.54) is 12.3 Å². The zero-order chi connectivity index (χ0) is 23.3. The monoisotopic (exact) mass is 442 g/mol. The molecule has 9 heteroatoms. The molecule has 3 amide bonds. The number of carbonyl (C=O) groups excluding carboxylic acids is 3. The van der Waals surface area contributed by atoms with Gasteiger partial charge in [-0.3, -0.25) is 9.59 Å². The quantitative estimate of drug-likeness (QED) is 0.632. The number of anilines is 2. The Hall–Kier alpha value is -3.49. The molecule has 2 heterocycles. The first-order valence-corrected chi connectivity index (χ1v) is 10.6. The summed E-state index contributed by atoms with van der Waals surface area (Å²) >= 11 is 0. The summed E-state index contributed by atoms with van der Waals surface area (Å²) in [5.41, 5.74) is 0.788. The third kappa shape index (κ3) is 6.26. The van der Waals surface area contributed by atoms with Crippen LogP contribution >= 0.6 is 0 Å². The van der Waals surface area contributed by atoms with E-state index >= 15 is 0 Å². The van der Waals surface area contributed by atoms with Crippen molar-refractivity contribution in [2.24, 2.45) is 0 Å². The summed E-state index contributed by atoms with van der Waals surface area (Å²) in [6, 6.07) is 9.71. The number of para-hydroxylation sites is 2. The van der Waals surface area contributed by atoms with E-state index in [1.54, 1.807) is 24.0 Å². The standard InChI is InChI=1S/C23H30N4O5/c1-15(24-21(29)19-10-7-13-31-19)20(28)26-18-9-6-5-8-17(18)25-16-11-12-27(14-16)22(30)32-23(2,3)4/h5-10,13,15-16,25H,11-12,14H2,1-4H3,(H,24,29)(H,26,28)/t15-,16-/m1/s1. The molecule has 172 valence electrons. The van der Waals surface area contributed by atoms with Gasteiger partial charge in [0.05, 0.1) is 17.6 Å². The summed E-state index contributed by atoms with van der Waals surface area (Å²) in [7, 11) is 0. The van der Waals surface area contributed by atoms with Crippen molar-refractivity contribution in [3.8, 4) is 0 Å². The van der Waals surface area contributed by atoms with E-state index in [4.69, 9.17) is 9.15 Å². The fourth-order valence-electron chi connectivity index (χ4n) is 3.29. The van der Waals surface area contributed by atoms with E-state index in [-0.39, 0.29) is 23.8 Å². The Balaban J connectivity index is 1.57. The average molecular weight is 443 g/mol. The molecular formula is C23H30N4O5. The summed E-state index contributed by atoms with van der Waals surface area (Å²) in [6.07, 6.45) is 1.83. The number of carbonyl (C=O) groups is 3. The van der Waals surface area contributed by atoms with Crippen LogP contribution in [0, 0.1) is 0 Å². The number of ether oxygens (including phenoxy) is 1. The Bertz CT molecular complexity index is 952. The highest BCUT2D eigenvalue weighted by Crippen LogP contribution is 2.25. The van der Waals surface area contributed by atoms with Crippen LogP contribution in [0.2, 0.25) is 0 Å². The summed E-state index contributed by atoms with van der Waals surface area (Å²) in [6.45, 7) is 8.22. The van der Waals surface area contributed by atoms with E-state index in [1.807, 2.05) is 39.0 Å². The molecule has 2 atom stereocenters. The largest absolute Gasteiger partial charge is 0.459 e. The van der Waals surface area contributed by atoms with E-state index in [0.717, 1.165) is 12.1 Å². The zero-order valence-corrected chi connectivity index (χ0v) is 18.8. The Morgan fingerprint density at radius 1 is 1.12 bits per heavy atom. The number of hydrogen-bond donors (Lipinski definition) is 3. The number of hydrogen-bond acceptors (Lipinski definition) is 6. The molecule has 1 aliphatic rings. The maximum atomic E-state index is 12.6. The van der Waals surface area contributed by atoms with Gasteiger partial charge >= 0.3 is 6.09 Å². The third-order valence-corrected chi connectivity index (χ3v) is 4.87. The van der Waals surface area contributed by atoms with Gasteiger partial charge in [0.2, 0.25) is 5.91 Å². The molecule has 1 saturated heterocycles. The molecule has 2 aromatic rings. The van der Waals surface area contributed by atoms with E-state index in [0.29, 0.717) is 18.8 Å². The van der Waals surface area contributed by atoms with E-state index < -0.39 is 17.6 Å². The van der Waals surface area contributed by atoms with Crippen molar-refractivity contribution >= 4 is 29.3 Å². The summed E-state index contributed by atoms with van der Waals surface area (Å²) in [5, 5.41) is 8.85. The zero-order valence-electron chi connectivity index (χ0n) is 18.8. The van der Waals surface area contributed by atoms with Gasteiger partial charge in [-0.05, 0) is 58.4 Å². The lowest BCUT2D eigenvalue weighted by Crippen LogP contribution is -2.41. The number of nitrogens with zero attached hydrogens (tertiary/aromatic N) is 1. The number of likely N-dealkylation sites (tertiary alicyclic amines) is 1. The van der Waals surface area contributed by atoms with E-state index in [2.05, 4.69) is 16.0 Å². The van der Waals surface area contributed by atoms with Crippen LogP contribution in [-0.4, -0.2) is 53.6 Å². The number of benzene rings is 1. The van der Waals surface area contributed by atoms with Gasteiger partial charge in [0, 0.05) is 19.1 Å². The summed E-state index contributed by atoms with van der Waals surface area (Å²) in [5.74, 6) is -0.680. The summed E-state index contributed by atoms with van der Waals surface area (Å²) < 4.78 is 10.5. The lowest BCUT2D eigenvalue weighted by Gasteiger charge is -2.24. The molecule has 0 spiro atoms. The van der Waals surface area contributed by atoms with Crippen LogP contribution < -0.4 is 16.0 Å². The molecule has 32 heavy (non-hydrogen) atoms. The first-order valence-electron chi connectivity index (χ1n) is 10.6. The minimum absolute atomic E-state index is 0.0247. The molecule has 0 saturated carbocycles. The van der Waals surface area contributed by atoms with Gasteiger partial charge in [-0.15, -0.1) is 0 Å². The Labute approximate surface area is 187 Å². The van der Waals surface area contributed by atoms with Gasteiger partial charge in [-0.25, -0.2) is 4.79 Å². The minimum atomic E-state index is -0.769. The fraction of sp³-hybridized carbons (Fsp3) is 0.435. The number of nitrogens with one attached hydrogen (secondary N) is 3. The molecule has 1 aliphatic heterocycles. The average Bonchev–Trinajstić information content (AvgIpc) is 3.40. The van der Waals surface area contributed by atoms with Crippen LogP contribution in [0.5, 0.6) is 0 Å². The molecule has 1 fully saturated rings. The van der Waals surface area contributed by atoms with Crippen molar-refractivity contribution in [2.45, 2.75) is 51.8 Å². The van der Waals surface area contributed by atoms with Crippen LogP contribution in [-0.2, 0) is 9.53 Å². The van der Waals surface area contributed by atoms with Crippen LogP contribution in [0.3, 0.4) is 0 Å². The predicted molar refractivity (Wildman–Crippen MR) is 121 cm³/mol. The Kier molecular flexibility index (Phi) is 7.07. The number of rotatable bonds is 6. The fourth-order valence-corrected chi connectivity index (χ4v) is 3.29. The first-order chi connectivity index (χ1) is 15.1. The Morgan fingerprint density at radius 2 is 1.84 bits per heavy atom. The van der Waals surface area contributed by atoms with Crippen LogP contribution in [0.15, 0.2) is 47.1 Å². The molecule has 0 aliphatic carbocycles. The molecule has 0 bridgehead atoms. The van der Waals surface area contributed by atoms with Gasteiger partial charge < -0.3 is 30.0 Å². The third-order valence-electron chi connectivity index (χ3n) is 4.87. The highest BCUT2D eigenvalue weighted by Gasteiger charge is 2.30. The smallest absolute Gasteiger partial charge is 0.410 e. The molecule has 3 N–H and O–H groups in total. The van der Waals surface area contributed by atoms with Crippen LogP contribution in [0.1, 0.15) is 44.7 Å². The molecular weight excluding hydrogens is 412 g/mol. The highest BCUT2D eigenvalue weighted by atomic mass is 16.6. The lowest BCUT2D eigenvalue weighted by molar-refractivity contribution is -0.117. The normalized spacial score (nSPS) is 16.9. The van der Waals surface area contributed by atoms with Crippen LogP contribution in [0.4, 0.5) is 16.2 Å². The molecule has 3 rings (SSSR count). The molecule has 0 unspecified atom stereocenters. The Morgan fingerprint density at radius 3 is 2.50 bits per heavy atom. The maximum absolute atomic E-state index is 12.6. The molecule has 9 nitrogen and oxygen atoms in total. The van der Waals surface area contributed by atoms with Crippen molar-refractivity contribution in [3.63, 3.8) is 0 Å². The van der Waals surface area contributed by atoms with Crippen molar-refractivity contribution in [1.82, 2.24) is 10.2 Å². The van der Waals surface area contributed by atoms with Gasteiger partial charge in [0.1, 0.15) is 11.6 Å². The lowest BCUT2D eigenvalue weighted by atomic mass is 10.2. The molecule has 1 aromatic carbocycles. The van der Waals surface area contributed by atoms with E-state index in [9.17, 15) is 14.4 Å². The molecule has 1 aromatic heterocycles. The maximum Gasteiger partial charge on any atom is 0.410 e. The SMILES string of the molecule is C[C@@H](NC(=O)c1ccco1)C(=O)Nc1ccccc1N[C@@H]1CCN(C(=O)OC(C)(C)C)C1. The second-order valence-electron chi connectivity index (χ2n) is 8.76. The van der Waals surface area contributed by atoms with Crippen LogP contribution in [0.25, 0.3) is 0 Å². The number of amides is 3. The molecule has 0 radical (unpaired) electrons. The minimum Gasteiger partial charge on any atom is -0.459 e. The first kappa shape index (κ1) is 23.2. The summed E-state index contributed by atoms with van der Waals surface area (Å²) in [4.78, 5) is 38.7.